The largest absolute Gasteiger partial charge is 0.333 e. The number of allylic oxidation sites excluding steroid dienone is 3. The highest BCUT2D eigenvalue weighted by atomic mass is 35.5. The number of hydrogen-bond acceptors (Lipinski definition) is 3. The lowest BCUT2D eigenvalue weighted by atomic mass is 9.61. The minimum absolute atomic E-state index is 0.0517. The van der Waals surface area contributed by atoms with Crippen molar-refractivity contribution >= 4 is 55.8 Å². The number of halogens is 1. The third-order valence-corrected chi connectivity index (χ3v) is 13.4. The van der Waals surface area contributed by atoms with Gasteiger partial charge in [0.05, 0.1) is 27.6 Å². The molecule has 7 rings (SSSR count). The van der Waals surface area contributed by atoms with Crippen molar-refractivity contribution in [3.63, 3.8) is 0 Å². The molecule has 1 fully saturated rings. The number of rotatable bonds is 4. The van der Waals surface area contributed by atoms with Crippen LogP contribution in [0.2, 0.25) is 5.02 Å². The van der Waals surface area contributed by atoms with Gasteiger partial charge in [0.15, 0.2) is 0 Å². The lowest BCUT2D eigenvalue weighted by molar-refractivity contribution is 0.195. The molecule has 0 bridgehead atoms. The highest BCUT2D eigenvalue weighted by molar-refractivity contribution is 7.17. The third-order valence-electron chi connectivity index (χ3n) is 12.1. The molecular weight excluding hydrogens is 624 g/mol. The Kier molecular flexibility index (Phi) is 8.04. The van der Waals surface area contributed by atoms with E-state index in [1.165, 1.54) is 63.1 Å². The van der Waals surface area contributed by atoms with E-state index in [0.717, 1.165) is 22.8 Å². The number of hydrogen-bond donors (Lipinski definition) is 0. The average Bonchev–Trinajstić information content (AvgIpc) is 3.52. The minimum Gasteiger partial charge on any atom is -0.333 e. The maximum absolute atomic E-state index is 7.86. The summed E-state index contributed by atoms with van der Waals surface area (Å²) in [5.74, 6) is 0.848. The van der Waals surface area contributed by atoms with Crippen LogP contribution in [0, 0.1) is 24.2 Å². The van der Waals surface area contributed by atoms with Crippen LogP contribution in [0.15, 0.2) is 83.9 Å². The number of aryl methyl sites for hydroxylation is 1. The van der Waals surface area contributed by atoms with Gasteiger partial charge in [0.25, 0.3) is 0 Å². The first-order chi connectivity index (χ1) is 22.5. The first-order valence-corrected chi connectivity index (χ1v) is 19.2. The van der Waals surface area contributed by atoms with Crippen molar-refractivity contribution in [2.24, 2.45) is 17.3 Å². The predicted octanol–water partition coefficient (Wildman–Crippen LogP) is 13.8. The number of para-hydroxylation sites is 1. The van der Waals surface area contributed by atoms with Gasteiger partial charge in [-0.25, -0.2) is 0 Å². The lowest BCUT2D eigenvalue weighted by Gasteiger charge is -2.50. The van der Waals surface area contributed by atoms with Crippen LogP contribution in [0.25, 0.3) is 10.1 Å². The van der Waals surface area contributed by atoms with Gasteiger partial charge >= 0.3 is 0 Å². The molecule has 1 aromatic heterocycles. The highest BCUT2D eigenvalue weighted by Gasteiger charge is 2.58. The van der Waals surface area contributed by atoms with Crippen molar-refractivity contribution in [1.29, 1.82) is 0 Å². The van der Waals surface area contributed by atoms with Crippen molar-refractivity contribution in [3.05, 3.63) is 106 Å². The van der Waals surface area contributed by atoms with Crippen molar-refractivity contribution < 1.29 is 0 Å². The second kappa shape index (κ2) is 11.5. The highest BCUT2D eigenvalue weighted by Crippen LogP contribution is 2.62. The van der Waals surface area contributed by atoms with Crippen LogP contribution in [-0.4, -0.2) is 5.54 Å². The third kappa shape index (κ3) is 5.18. The van der Waals surface area contributed by atoms with E-state index in [1.807, 2.05) is 11.3 Å². The molecule has 252 valence electrons. The SMILES string of the molecule is Cc1cc(N(C2=CC(C)C(C(C)(C)C)C=C2)c2csc3ccc(C(C)(C)C)cc23)c(Cl)c(N2c3ccccc3C3(C)CCCCC23C)c1. The van der Waals surface area contributed by atoms with Crippen LogP contribution < -0.4 is 9.80 Å². The molecule has 4 atom stereocenters. The summed E-state index contributed by atoms with van der Waals surface area (Å²) in [6.07, 6.45) is 12.1. The maximum Gasteiger partial charge on any atom is 0.0883 e. The zero-order valence-electron chi connectivity index (χ0n) is 30.7. The van der Waals surface area contributed by atoms with E-state index < -0.39 is 0 Å². The fourth-order valence-corrected chi connectivity index (χ4v) is 10.4. The number of fused-ring (bicyclic) bond motifs is 4. The van der Waals surface area contributed by atoms with Crippen LogP contribution in [-0.2, 0) is 10.8 Å². The number of nitrogens with zero attached hydrogens (tertiary/aromatic N) is 2. The van der Waals surface area contributed by atoms with E-state index in [4.69, 9.17) is 11.6 Å². The molecule has 2 aliphatic carbocycles. The summed E-state index contributed by atoms with van der Waals surface area (Å²) >= 11 is 9.68. The standard InChI is InChI=1S/C44H53ClN2S/c1-28-23-36(40(45)37(24-28)47-35-16-12-11-15-34(35)43(9)21-13-14-22-44(43,47)10)46(31-18-19-33(29(2)25-31)42(6,7)8)38-27-48-39-20-17-30(26-32(38)39)41(3,4)5/h11-12,15-20,23-27,29,33H,13-14,21-22H2,1-10H3. The van der Waals surface area contributed by atoms with Crippen molar-refractivity contribution in [2.45, 2.75) is 111 Å². The fraction of sp³-hybridized carbons (Fsp3) is 0.455. The zero-order chi connectivity index (χ0) is 34.4. The smallest absolute Gasteiger partial charge is 0.0883 e. The quantitative estimate of drug-likeness (QED) is 0.212. The molecular formula is C44H53ClN2S. The Balaban J connectivity index is 1.47. The molecule has 0 amide bonds. The molecule has 2 nitrogen and oxygen atoms in total. The van der Waals surface area contributed by atoms with Crippen LogP contribution in [0.3, 0.4) is 0 Å². The Labute approximate surface area is 298 Å². The first-order valence-electron chi connectivity index (χ1n) is 18.0. The summed E-state index contributed by atoms with van der Waals surface area (Å²) in [6.45, 7) is 23.6. The molecule has 4 aromatic rings. The minimum atomic E-state index is -0.0659. The van der Waals surface area contributed by atoms with E-state index in [-0.39, 0.29) is 21.8 Å². The Hall–Kier alpha value is -3.01. The zero-order valence-corrected chi connectivity index (χ0v) is 32.2. The van der Waals surface area contributed by atoms with Gasteiger partial charge in [-0.05, 0) is 102 Å². The van der Waals surface area contributed by atoms with Gasteiger partial charge in [-0.1, -0.05) is 116 Å². The van der Waals surface area contributed by atoms with Crippen LogP contribution in [0.1, 0.15) is 105 Å². The first kappa shape index (κ1) is 33.5. The summed E-state index contributed by atoms with van der Waals surface area (Å²) in [6, 6.07) is 20.8. The molecule has 3 aliphatic rings. The van der Waals surface area contributed by atoms with Crippen LogP contribution in [0.5, 0.6) is 0 Å². The Morgan fingerprint density at radius 1 is 0.896 bits per heavy atom. The summed E-state index contributed by atoms with van der Waals surface area (Å²) in [5.41, 5.74) is 10.1. The molecule has 3 aromatic carbocycles. The molecule has 2 heterocycles. The van der Waals surface area contributed by atoms with E-state index >= 15 is 0 Å². The molecule has 4 heteroatoms. The molecule has 1 aliphatic heterocycles. The summed E-state index contributed by atoms with van der Waals surface area (Å²) in [4.78, 5) is 5.10. The van der Waals surface area contributed by atoms with Gasteiger partial charge in [0, 0.05) is 32.3 Å². The molecule has 1 saturated carbocycles. The van der Waals surface area contributed by atoms with Gasteiger partial charge < -0.3 is 9.80 Å². The average molecular weight is 677 g/mol. The molecule has 48 heavy (non-hydrogen) atoms. The molecule has 0 spiro atoms. The van der Waals surface area contributed by atoms with E-state index in [2.05, 4.69) is 157 Å². The molecule has 0 radical (unpaired) electrons. The molecule has 0 saturated heterocycles. The molecule has 0 N–H and O–H groups in total. The topological polar surface area (TPSA) is 6.48 Å². The van der Waals surface area contributed by atoms with Crippen molar-refractivity contribution in [3.8, 4) is 0 Å². The summed E-state index contributed by atoms with van der Waals surface area (Å²) in [5, 5.41) is 4.44. The van der Waals surface area contributed by atoms with Crippen LogP contribution in [0.4, 0.5) is 22.7 Å². The summed E-state index contributed by atoms with van der Waals surface area (Å²) in [7, 11) is 0. The van der Waals surface area contributed by atoms with E-state index in [9.17, 15) is 0 Å². The second-order valence-corrected chi connectivity index (χ2v) is 18.7. The second-order valence-electron chi connectivity index (χ2n) is 17.4. The number of benzene rings is 3. The summed E-state index contributed by atoms with van der Waals surface area (Å²) < 4.78 is 1.30. The normalized spacial score (nSPS) is 25.6. The van der Waals surface area contributed by atoms with Crippen molar-refractivity contribution in [2.75, 3.05) is 9.80 Å². The van der Waals surface area contributed by atoms with Crippen molar-refractivity contribution in [1.82, 2.24) is 0 Å². The van der Waals surface area contributed by atoms with Gasteiger partial charge in [-0.2, -0.15) is 0 Å². The van der Waals surface area contributed by atoms with Gasteiger partial charge in [0.2, 0.25) is 0 Å². The van der Waals surface area contributed by atoms with Gasteiger partial charge in [-0.3, -0.25) is 0 Å². The van der Waals surface area contributed by atoms with Gasteiger partial charge in [0.1, 0.15) is 0 Å². The Bertz CT molecular complexity index is 1950. The van der Waals surface area contributed by atoms with E-state index in [0.29, 0.717) is 11.8 Å². The van der Waals surface area contributed by atoms with Crippen LogP contribution >= 0.6 is 22.9 Å². The Morgan fingerprint density at radius 2 is 1.62 bits per heavy atom. The lowest BCUT2D eigenvalue weighted by Crippen LogP contribution is -2.54. The fourth-order valence-electron chi connectivity index (χ4n) is 9.23. The predicted molar refractivity (Wildman–Crippen MR) is 211 cm³/mol. The van der Waals surface area contributed by atoms with E-state index in [1.54, 1.807) is 0 Å². The number of anilines is 4. The maximum atomic E-state index is 7.86. The number of thiophene rings is 1. The molecule has 4 unspecified atom stereocenters. The van der Waals surface area contributed by atoms with Gasteiger partial charge in [-0.15, -0.1) is 11.3 Å². The Morgan fingerprint density at radius 3 is 2.33 bits per heavy atom. The monoisotopic (exact) mass is 676 g/mol.